The quantitative estimate of drug-likeness (QED) is 0.664. The van der Waals surface area contributed by atoms with Crippen LogP contribution in [0.1, 0.15) is 72.3 Å². The summed E-state index contributed by atoms with van der Waals surface area (Å²) in [6.07, 6.45) is 3.05. The number of guanidine groups is 1. The molecule has 2 aromatic carbocycles. The molecular formula is C27H32N4O2. The van der Waals surface area contributed by atoms with Gasteiger partial charge in [0, 0.05) is 11.0 Å². The summed E-state index contributed by atoms with van der Waals surface area (Å²) in [5.41, 5.74) is 4.38. The summed E-state index contributed by atoms with van der Waals surface area (Å²) >= 11 is 0. The van der Waals surface area contributed by atoms with Gasteiger partial charge in [0.05, 0.1) is 24.0 Å². The van der Waals surface area contributed by atoms with Gasteiger partial charge in [-0.1, -0.05) is 44.2 Å². The van der Waals surface area contributed by atoms with Gasteiger partial charge in [0.2, 0.25) is 5.91 Å². The van der Waals surface area contributed by atoms with Gasteiger partial charge in [-0.25, -0.2) is 0 Å². The molecule has 2 amide bonds. The molecular weight excluding hydrogens is 412 g/mol. The molecule has 3 N–H and O–H groups in total. The lowest BCUT2D eigenvalue weighted by molar-refractivity contribution is -0.131. The Bertz CT molecular complexity index is 1170. The van der Waals surface area contributed by atoms with Gasteiger partial charge in [0.1, 0.15) is 0 Å². The number of fused-ring (bicyclic) bond motifs is 2. The van der Waals surface area contributed by atoms with Gasteiger partial charge < -0.3 is 10.6 Å². The Morgan fingerprint density at radius 2 is 1.97 bits per heavy atom. The van der Waals surface area contributed by atoms with Crippen molar-refractivity contribution in [2.24, 2.45) is 11.3 Å². The minimum atomic E-state index is -0.356. The first kappa shape index (κ1) is 21.7. The highest BCUT2D eigenvalue weighted by Crippen LogP contribution is 2.63. The summed E-state index contributed by atoms with van der Waals surface area (Å²) in [6.45, 7) is 8.39. The van der Waals surface area contributed by atoms with Crippen molar-refractivity contribution in [1.29, 1.82) is 5.41 Å². The Labute approximate surface area is 195 Å². The van der Waals surface area contributed by atoms with Gasteiger partial charge in [0.15, 0.2) is 5.96 Å². The molecule has 6 nitrogen and oxygen atoms in total. The molecule has 6 heteroatoms. The first-order valence-corrected chi connectivity index (χ1v) is 11.8. The Kier molecular flexibility index (Phi) is 4.89. The zero-order valence-electron chi connectivity index (χ0n) is 19.8. The van der Waals surface area contributed by atoms with Crippen molar-refractivity contribution in [3.05, 3.63) is 70.3 Å². The van der Waals surface area contributed by atoms with Crippen molar-refractivity contribution in [3.63, 3.8) is 0 Å². The molecule has 1 heterocycles. The van der Waals surface area contributed by atoms with E-state index in [4.69, 9.17) is 5.41 Å². The Balaban J connectivity index is 1.35. The maximum absolute atomic E-state index is 13.2. The molecule has 0 spiro atoms. The standard InChI is InChI=1S/C27H32N4O2/c1-16-12-17(15-31-24(33)22-26(2,3)27(22,4)30-25(31)28)14-19(13-16)23(32)29-21-11-7-9-18-8-5-6-10-20(18)21/h5-6,8,10,12-14,21-22H,7,9,11,15H2,1-4H3,(H2,28,30)(H,29,32)/t21-,22?,27-/m0/s1. The van der Waals surface area contributed by atoms with E-state index in [2.05, 4.69) is 42.7 Å². The SMILES string of the molecule is Cc1cc(CN2C(=N)N[C@@]3(C)C(C2=O)C3(C)C)cc(C(=O)N[C@H]2CCCc3ccccc32)c1. The van der Waals surface area contributed by atoms with E-state index in [0.717, 1.165) is 30.4 Å². The number of hydrogen-bond donors (Lipinski definition) is 3. The number of hydrogen-bond acceptors (Lipinski definition) is 3. The van der Waals surface area contributed by atoms with Gasteiger partial charge in [-0.15, -0.1) is 0 Å². The summed E-state index contributed by atoms with van der Waals surface area (Å²) < 4.78 is 0. The van der Waals surface area contributed by atoms with Crippen LogP contribution >= 0.6 is 0 Å². The van der Waals surface area contributed by atoms with Crippen LogP contribution in [-0.2, 0) is 17.8 Å². The van der Waals surface area contributed by atoms with Crippen LogP contribution in [0.5, 0.6) is 0 Å². The van der Waals surface area contributed by atoms with Crippen LogP contribution in [0.25, 0.3) is 0 Å². The number of benzene rings is 2. The van der Waals surface area contributed by atoms with Gasteiger partial charge in [-0.2, -0.15) is 0 Å². The number of carbonyl (C=O) groups excluding carboxylic acids is 2. The zero-order chi connectivity index (χ0) is 23.5. The van der Waals surface area contributed by atoms with E-state index >= 15 is 0 Å². The highest BCUT2D eigenvalue weighted by molar-refractivity contribution is 6.04. The van der Waals surface area contributed by atoms with Crippen LogP contribution < -0.4 is 10.6 Å². The number of carbonyl (C=O) groups is 2. The van der Waals surface area contributed by atoms with Gasteiger partial charge >= 0.3 is 0 Å². The average molecular weight is 445 g/mol. The lowest BCUT2D eigenvalue weighted by Crippen LogP contribution is -2.55. The second-order valence-electron chi connectivity index (χ2n) is 10.6. The molecule has 5 rings (SSSR count). The number of nitrogens with zero attached hydrogens (tertiary/aromatic N) is 1. The topological polar surface area (TPSA) is 85.3 Å². The van der Waals surface area contributed by atoms with E-state index in [0.29, 0.717) is 5.56 Å². The van der Waals surface area contributed by atoms with Gasteiger partial charge in [-0.3, -0.25) is 19.9 Å². The average Bonchev–Trinajstić information content (AvgIpc) is 3.22. The third kappa shape index (κ3) is 3.43. The second kappa shape index (κ2) is 7.44. The summed E-state index contributed by atoms with van der Waals surface area (Å²) in [6, 6.07) is 14.1. The highest BCUT2D eigenvalue weighted by Gasteiger charge is 2.75. The van der Waals surface area contributed by atoms with E-state index in [-0.39, 0.29) is 47.2 Å². The summed E-state index contributed by atoms with van der Waals surface area (Å²) in [7, 11) is 0. The maximum atomic E-state index is 13.2. The van der Waals surface area contributed by atoms with Crippen LogP contribution in [0.3, 0.4) is 0 Å². The zero-order valence-corrected chi connectivity index (χ0v) is 19.8. The van der Waals surface area contributed by atoms with Crippen molar-refractivity contribution < 1.29 is 9.59 Å². The molecule has 2 fully saturated rings. The number of amides is 2. The second-order valence-corrected chi connectivity index (χ2v) is 10.6. The largest absolute Gasteiger partial charge is 0.349 e. The molecule has 33 heavy (non-hydrogen) atoms. The first-order chi connectivity index (χ1) is 15.6. The molecule has 3 atom stereocenters. The van der Waals surface area contributed by atoms with Crippen molar-refractivity contribution >= 4 is 17.8 Å². The normalized spacial score (nSPS) is 27.3. The minimum Gasteiger partial charge on any atom is -0.349 e. The molecule has 2 aliphatic carbocycles. The van der Waals surface area contributed by atoms with Crippen LogP contribution in [0.2, 0.25) is 0 Å². The van der Waals surface area contributed by atoms with E-state index < -0.39 is 0 Å². The molecule has 2 aromatic rings. The molecule has 1 saturated heterocycles. The fraction of sp³-hybridized carbons (Fsp3) is 0.444. The highest BCUT2D eigenvalue weighted by atomic mass is 16.2. The molecule has 0 radical (unpaired) electrons. The van der Waals surface area contributed by atoms with Gasteiger partial charge in [-0.05, 0) is 67.5 Å². The monoisotopic (exact) mass is 444 g/mol. The first-order valence-electron chi connectivity index (χ1n) is 11.8. The summed E-state index contributed by atoms with van der Waals surface area (Å²) in [5.74, 6) is -0.123. The molecule has 3 aliphatic rings. The Morgan fingerprint density at radius 3 is 2.76 bits per heavy atom. The molecule has 0 aromatic heterocycles. The lowest BCUT2D eigenvalue weighted by atomic mass is 9.87. The van der Waals surface area contributed by atoms with Crippen molar-refractivity contribution in [1.82, 2.24) is 15.5 Å². The maximum Gasteiger partial charge on any atom is 0.251 e. The molecule has 172 valence electrons. The number of aryl methyl sites for hydroxylation is 2. The fourth-order valence-electron chi connectivity index (χ4n) is 5.92. The predicted molar refractivity (Wildman–Crippen MR) is 128 cm³/mol. The third-order valence-electron chi connectivity index (χ3n) is 8.13. The Hall–Kier alpha value is -3.15. The van der Waals surface area contributed by atoms with Crippen molar-refractivity contribution in [3.8, 4) is 0 Å². The third-order valence-corrected chi connectivity index (χ3v) is 8.13. The molecule has 1 unspecified atom stereocenters. The lowest BCUT2D eigenvalue weighted by Gasteiger charge is -2.32. The molecule has 0 bridgehead atoms. The van der Waals surface area contributed by atoms with Crippen LogP contribution in [0.15, 0.2) is 42.5 Å². The van der Waals surface area contributed by atoms with Crippen LogP contribution in [0.4, 0.5) is 0 Å². The minimum absolute atomic E-state index is 0.0160. The number of rotatable bonds is 4. The van der Waals surface area contributed by atoms with E-state index in [1.54, 1.807) is 0 Å². The van der Waals surface area contributed by atoms with E-state index in [1.165, 1.54) is 16.0 Å². The Morgan fingerprint density at radius 1 is 1.21 bits per heavy atom. The van der Waals surface area contributed by atoms with Crippen LogP contribution in [0, 0.1) is 23.7 Å². The molecule has 1 saturated carbocycles. The number of nitrogens with one attached hydrogen (secondary N) is 3. The fourth-order valence-corrected chi connectivity index (χ4v) is 5.92. The van der Waals surface area contributed by atoms with Gasteiger partial charge in [0.25, 0.3) is 5.91 Å². The predicted octanol–water partition coefficient (Wildman–Crippen LogP) is 4.08. The molecule has 1 aliphatic heterocycles. The van der Waals surface area contributed by atoms with E-state index in [1.807, 2.05) is 38.1 Å². The van der Waals surface area contributed by atoms with Crippen molar-refractivity contribution in [2.75, 3.05) is 0 Å². The smallest absolute Gasteiger partial charge is 0.251 e. The summed E-state index contributed by atoms with van der Waals surface area (Å²) in [4.78, 5) is 27.8. The van der Waals surface area contributed by atoms with Crippen LogP contribution in [-0.4, -0.2) is 28.2 Å². The van der Waals surface area contributed by atoms with E-state index in [9.17, 15) is 9.59 Å². The summed E-state index contributed by atoms with van der Waals surface area (Å²) in [5, 5.41) is 14.9. The van der Waals surface area contributed by atoms with Crippen molar-refractivity contribution in [2.45, 2.75) is 65.1 Å².